The highest BCUT2D eigenvalue weighted by molar-refractivity contribution is 5.78. The average molecular weight is 457 g/mol. The van der Waals surface area contributed by atoms with Crippen molar-refractivity contribution in [2.24, 2.45) is 7.05 Å². The molecule has 2 aromatic heterocycles. The standard InChI is InChI=1S/C19H13F6N5O2/c1-29-15(13-14(28-29)16(31)30(8-27-13)11-4-5-11)17(32,19(23,24)25)10-3-2-9(7-26)12(6-10)18(20,21)22/h2-3,6,8,11,32H,4-5H2,1H3. The van der Waals surface area contributed by atoms with Crippen LogP contribution in [0.5, 0.6) is 0 Å². The molecule has 168 valence electrons. The monoisotopic (exact) mass is 457 g/mol. The van der Waals surface area contributed by atoms with Gasteiger partial charge in [0.1, 0.15) is 11.2 Å². The van der Waals surface area contributed by atoms with Gasteiger partial charge in [-0.1, -0.05) is 6.07 Å². The Morgan fingerprint density at radius 1 is 1.16 bits per heavy atom. The normalized spacial score (nSPS) is 16.7. The summed E-state index contributed by atoms with van der Waals surface area (Å²) in [5.41, 5.74) is -10.5. The van der Waals surface area contributed by atoms with Crippen molar-refractivity contribution >= 4 is 11.0 Å². The molecule has 1 fully saturated rings. The molecular weight excluding hydrogens is 444 g/mol. The first-order valence-electron chi connectivity index (χ1n) is 9.16. The van der Waals surface area contributed by atoms with Crippen LogP contribution in [0.4, 0.5) is 26.3 Å². The lowest BCUT2D eigenvalue weighted by atomic mass is 9.86. The highest BCUT2D eigenvalue weighted by atomic mass is 19.4. The second-order valence-electron chi connectivity index (χ2n) is 7.44. The van der Waals surface area contributed by atoms with Gasteiger partial charge in [0.25, 0.3) is 5.56 Å². The van der Waals surface area contributed by atoms with E-state index in [9.17, 15) is 36.2 Å². The van der Waals surface area contributed by atoms with Crippen LogP contribution in [0, 0.1) is 11.3 Å². The Labute approximate surface area is 175 Å². The van der Waals surface area contributed by atoms with Crippen molar-refractivity contribution in [1.82, 2.24) is 19.3 Å². The molecule has 0 saturated heterocycles. The summed E-state index contributed by atoms with van der Waals surface area (Å²) in [4.78, 5) is 16.5. The molecule has 0 spiro atoms. The maximum absolute atomic E-state index is 14.2. The fourth-order valence-corrected chi connectivity index (χ4v) is 3.63. The van der Waals surface area contributed by atoms with Gasteiger partial charge in [-0.2, -0.15) is 36.7 Å². The van der Waals surface area contributed by atoms with Gasteiger partial charge in [-0.25, -0.2) is 4.98 Å². The predicted molar refractivity (Wildman–Crippen MR) is 96.3 cm³/mol. The molecule has 1 saturated carbocycles. The minimum atomic E-state index is -5.53. The first-order valence-corrected chi connectivity index (χ1v) is 9.16. The Hall–Kier alpha value is -3.40. The molecule has 0 radical (unpaired) electrons. The topological polar surface area (TPSA) is 96.7 Å². The summed E-state index contributed by atoms with van der Waals surface area (Å²) in [6.45, 7) is 0. The number of aliphatic hydroxyl groups is 1. The molecule has 0 amide bonds. The molecule has 1 unspecified atom stereocenters. The van der Waals surface area contributed by atoms with E-state index in [2.05, 4.69) is 10.1 Å². The number of nitriles is 1. The summed E-state index contributed by atoms with van der Waals surface area (Å²) in [5.74, 6) is 0. The molecule has 3 aromatic rings. The quantitative estimate of drug-likeness (QED) is 0.610. The summed E-state index contributed by atoms with van der Waals surface area (Å²) in [5, 5.41) is 23.6. The molecule has 1 atom stereocenters. The fraction of sp³-hybridized carbons (Fsp3) is 0.368. The van der Waals surface area contributed by atoms with Crippen LogP contribution in [0.3, 0.4) is 0 Å². The molecular formula is C19H13F6N5O2. The summed E-state index contributed by atoms with van der Waals surface area (Å²) in [6, 6.07) is 2.30. The van der Waals surface area contributed by atoms with E-state index >= 15 is 0 Å². The lowest BCUT2D eigenvalue weighted by molar-refractivity contribution is -0.250. The van der Waals surface area contributed by atoms with Gasteiger partial charge in [-0.05, 0) is 30.5 Å². The SMILES string of the molecule is Cn1nc2c(=O)n(C3CC3)cnc2c1C(O)(c1ccc(C#N)c(C(F)(F)F)c1)C(F)(F)F. The number of hydrogen-bond acceptors (Lipinski definition) is 5. The van der Waals surface area contributed by atoms with E-state index in [1.165, 1.54) is 10.6 Å². The third-order valence-electron chi connectivity index (χ3n) is 5.33. The second-order valence-corrected chi connectivity index (χ2v) is 7.44. The Kier molecular flexibility index (Phi) is 4.63. The summed E-state index contributed by atoms with van der Waals surface area (Å²) in [7, 11) is 1.02. The summed E-state index contributed by atoms with van der Waals surface area (Å²) >= 11 is 0. The van der Waals surface area contributed by atoms with Crippen molar-refractivity contribution in [3.05, 3.63) is 57.3 Å². The molecule has 13 heteroatoms. The van der Waals surface area contributed by atoms with Gasteiger partial charge in [-0.3, -0.25) is 14.0 Å². The Morgan fingerprint density at radius 3 is 2.34 bits per heavy atom. The zero-order chi connectivity index (χ0) is 23.6. The van der Waals surface area contributed by atoms with Crippen molar-refractivity contribution in [3.63, 3.8) is 0 Å². The average Bonchev–Trinajstić information content (AvgIpc) is 3.48. The third kappa shape index (κ3) is 3.13. The first-order chi connectivity index (χ1) is 14.8. The number of aryl methyl sites for hydroxylation is 1. The first kappa shape index (κ1) is 21.8. The number of benzene rings is 1. The third-order valence-corrected chi connectivity index (χ3v) is 5.33. The van der Waals surface area contributed by atoms with Gasteiger partial charge in [0.2, 0.25) is 5.60 Å². The molecule has 1 N–H and O–H groups in total. The molecule has 7 nitrogen and oxygen atoms in total. The number of aromatic nitrogens is 4. The number of nitrogens with zero attached hydrogens (tertiary/aromatic N) is 5. The van der Waals surface area contributed by atoms with Crippen LogP contribution >= 0.6 is 0 Å². The molecule has 4 rings (SSSR count). The van der Waals surface area contributed by atoms with Crippen molar-refractivity contribution in [3.8, 4) is 6.07 Å². The van der Waals surface area contributed by atoms with Gasteiger partial charge in [0.05, 0.1) is 23.5 Å². The molecule has 1 aliphatic rings. The largest absolute Gasteiger partial charge is 0.427 e. The Morgan fingerprint density at radius 2 is 1.81 bits per heavy atom. The lowest BCUT2D eigenvalue weighted by Crippen LogP contribution is -2.45. The maximum atomic E-state index is 14.2. The van der Waals surface area contributed by atoms with Crippen LogP contribution in [-0.2, 0) is 18.8 Å². The highest BCUT2D eigenvalue weighted by Crippen LogP contribution is 2.47. The number of halogens is 6. The van der Waals surface area contributed by atoms with Crippen LogP contribution in [0.1, 0.15) is 41.3 Å². The molecule has 1 aromatic carbocycles. The maximum Gasteiger partial charge on any atom is 0.427 e. The van der Waals surface area contributed by atoms with Gasteiger partial charge >= 0.3 is 12.4 Å². The van der Waals surface area contributed by atoms with E-state index in [0.717, 1.165) is 13.4 Å². The van der Waals surface area contributed by atoms with E-state index < -0.39 is 56.9 Å². The van der Waals surface area contributed by atoms with Crippen molar-refractivity contribution in [1.29, 1.82) is 5.26 Å². The van der Waals surface area contributed by atoms with Crippen LogP contribution in [0.2, 0.25) is 0 Å². The van der Waals surface area contributed by atoms with Crippen LogP contribution < -0.4 is 5.56 Å². The smallest absolute Gasteiger partial charge is 0.371 e. The predicted octanol–water partition coefficient (Wildman–Crippen LogP) is 3.15. The lowest BCUT2D eigenvalue weighted by Gasteiger charge is -2.31. The van der Waals surface area contributed by atoms with Gasteiger partial charge in [0.15, 0.2) is 5.52 Å². The second kappa shape index (κ2) is 6.80. The number of fused-ring (bicyclic) bond motifs is 1. The van der Waals surface area contributed by atoms with Gasteiger partial charge < -0.3 is 5.11 Å². The number of rotatable bonds is 3. The van der Waals surface area contributed by atoms with Crippen molar-refractivity contribution in [2.75, 3.05) is 0 Å². The zero-order valence-corrected chi connectivity index (χ0v) is 16.2. The van der Waals surface area contributed by atoms with E-state index in [1.54, 1.807) is 0 Å². The number of alkyl halides is 6. The number of hydrogen-bond donors (Lipinski definition) is 1. The summed E-state index contributed by atoms with van der Waals surface area (Å²) < 4.78 is 84.6. The van der Waals surface area contributed by atoms with Crippen LogP contribution in [0.15, 0.2) is 29.3 Å². The fourth-order valence-electron chi connectivity index (χ4n) is 3.63. The molecule has 0 bridgehead atoms. The zero-order valence-electron chi connectivity index (χ0n) is 16.2. The molecule has 0 aliphatic heterocycles. The van der Waals surface area contributed by atoms with E-state index in [-0.39, 0.29) is 12.1 Å². The van der Waals surface area contributed by atoms with E-state index in [4.69, 9.17) is 5.26 Å². The van der Waals surface area contributed by atoms with Gasteiger partial charge in [0, 0.05) is 13.1 Å². The molecule has 2 heterocycles. The Balaban J connectivity index is 2.04. The van der Waals surface area contributed by atoms with E-state index in [0.29, 0.717) is 29.7 Å². The van der Waals surface area contributed by atoms with Crippen molar-refractivity contribution < 1.29 is 31.4 Å². The summed E-state index contributed by atoms with van der Waals surface area (Å²) in [6.07, 6.45) is -8.28. The Bertz CT molecular complexity index is 1330. The minimum Gasteiger partial charge on any atom is -0.371 e. The molecule has 1 aliphatic carbocycles. The molecule has 32 heavy (non-hydrogen) atoms. The van der Waals surface area contributed by atoms with E-state index in [1.807, 2.05) is 0 Å². The van der Waals surface area contributed by atoms with Gasteiger partial charge in [-0.15, -0.1) is 0 Å². The van der Waals surface area contributed by atoms with Crippen LogP contribution in [0.25, 0.3) is 11.0 Å². The van der Waals surface area contributed by atoms with Crippen LogP contribution in [-0.4, -0.2) is 30.6 Å². The minimum absolute atomic E-state index is 0.0658. The highest BCUT2D eigenvalue weighted by Gasteiger charge is 2.60. The van der Waals surface area contributed by atoms with Crippen molar-refractivity contribution in [2.45, 2.75) is 36.8 Å².